The van der Waals surface area contributed by atoms with E-state index in [9.17, 15) is 35.4 Å². The van der Waals surface area contributed by atoms with Gasteiger partial charge in [0.25, 0.3) is 0 Å². The maximum atomic E-state index is 13.0. The Morgan fingerprint density at radius 3 is 2.27 bits per heavy atom. The molecule has 1 aromatic heterocycles. The Balaban J connectivity index is 1.87. The summed E-state index contributed by atoms with van der Waals surface area (Å²) in [4.78, 5) is 13.0. The van der Waals surface area contributed by atoms with Gasteiger partial charge in [-0.2, -0.15) is 0 Å². The van der Waals surface area contributed by atoms with Crippen LogP contribution in [-0.2, 0) is 4.74 Å². The minimum atomic E-state index is -1.65. The molecule has 1 aliphatic rings. The zero-order valence-electron chi connectivity index (χ0n) is 15.5. The van der Waals surface area contributed by atoms with Crippen molar-refractivity contribution < 1.29 is 39.8 Å². The van der Waals surface area contributed by atoms with Crippen molar-refractivity contribution in [3.63, 3.8) is 0 Å². The largest absolute Gasteiger partial charge is 0.508 e. The molecule has 3 aromatic rings. The minimum Gasteiger partial charge on any atom is -0.508 e. The van der Waals surface area contributed by atoms with Gasteiger partial charge in [0, 0.05) is 0 Å². The van der Waals surface area contributed by atoms with E-state index in [0.717, 1.165) is 0 Å². The second kappa shape index (κ2) is 7.71. The van der Waals surface area contributed by atoms with Crippen LogP contribution < -0.4 is 5.43 Å². The van der Waals surface area contributed by atoms with Crippen molar-refractivity contribution in [1.82, 2.24) is 0 Å². The fourth-order valence-corrected chi connectivity index (χ4v) is 3.67. The number of benzene rings is 2. The standard InChI is InChI=1S/C21H20O9/c22-7-14-17(26)18(27)19(28)21(30-14)15-13(24)6-5-11-16(25)12(8-29-20(11)15)9-1-3-10(23)4-2-9/h1-6,8,14,17-19,21-24,26-28H,7H2/t14-,17+,18+,19-,21+/m1/s1. The van der Waals surface area contributed by atoms with Crippen molar-refractivity contribution in [3.05, 3.63) is 58.4 Å². The Labute approximate surface area is 169 Å². The molecule has 0 radical (unpaired) electrons. The molecule has 1 saturated heterocycles. The third-order valence-corrected chi connectivity index (χ3v) is 5.31. The lowest BCUT2D eigenvalue weighted by Crippen LogP contribution is -2.55. The molecule has 0 aliphatic carbocycles. The second-order valence-electron chi connectivity index (χ2n) is 7.15. The molecule has 5 atom stereocenters. The summed E-state index contributed by atoms with van der Waals surface area (Å²) in [5.41, 5.74) is 0.150. The topological polar surface area (TPSA) is 161 Å². The molecule has 0 saturated carbocycles. The molecule has 4 rings (SSSR count). The molecule has 6 N–H and O–H groups in total. The molecular formula is C21H20O9. The van der Waals surface area contributed by atoms with Gasteiger partial charge in [0.05, 0.1) is 23.1 Å². The number of aliphatic hydroxyl groups excluding tert-OH is 4. The first-order chi connectivity index (χ1) is 14.3. The van der Waals surface area contributed by atoms with Gasteiger partial charge < -0.3 is 39.8 Å². The first-order valence-electron chi connectivity index (χ1n) is 9.20. The van der Waals surface area contributed by atoms with Crippen LogP contribution in [0.4, 0.5) is 0 Å². The number of aliphatic hydroxyl groups is 4. The quantitative estimate of drug-likeness (QED) is 0.355. The van der Waals surface area contributed by atoms with Crippen LogP contribution in [0, 0.1) is 0 Å². The van der Waals surface area contributed by atoms with Crippen molar-refractivity contribution in [2.45, 2.75) is 30.5 Å². The van der Waals surface area contributed by atoms with E-state index in [1.54, 1.807) is 12.1 Å². The fraction of sp³-hybridized carbons (Fsp3) is 0.286. The molecule has 2 heterocycles. The Bertz CT molecular complexity index is 1120. The lowest BCUT2D eigenvalue weighted by Gasteiger charge is -2.40. The van der Waals surface area contributed by atoms with Crippen LogP contribution in [0.2, 0.25) is 0 Å². The molecule has 0 amide bonds. The first-order valence-corrected chi connectivity index (χ1v) is 9.20. The van der Waals surface area contributed by atoms with Crippen molar-refractivity contribution >= 4 is 11.0 Å². The van der Waals surface area contributed by atoms with Gasteiger partial charge in [-0.15, -0.1) is 0 Å². The average Bonchev–Trinajstić information content (AvgIpc) is 2.74. The third kappa shape index (κ3) is 3.22. The van der Waals surface area contributed by atoms with Crippen LogP contribution in [0.5, 0.6) is 11.5 Å². The lowest BCUT2D eigenvalue weighted by molar-refractivity contribution is -0.231. The average molecular weight is 416 g/mol. The van der Waals surface area contributed by atoms with Crippen LogP contribution >= 0.6 is 0 Å². The Kier molecular flexibility index (Phi) is 5.22. The van der Waals surface area contributed by atoms with E-state index >= 15 is 0 Å². The Morgan fingerprint density at radius 1 is 0.900 bits per heavy atom. The number of phenols is 2. The van der Waals surface area contributed by atoms with Crippen LogP contribution in [0.15, 0.2) is 51.9 Å². The van der Waals surface area contributed by atoms with Gasteiger partial charge in [0.15, 0.2) is 0 Å². The van der Waals surface area contributed by atoms with Gasteiger partial charge in [-0.1, -0.05) is 12.1 Å². The molecule has 1 aliphatic heterocycles. The molecular weight excluding hydrogens is 396 g/mol. The molecule has 0 spiro atoms. The smallest absolute Gasteiger partial charge is 0.200 e. The second-order valence-corrected chi connectivity index (χ2v) is 7.15. The molecule has 2 aromatic carbocycles. The van der Waals surface area contributed by atoms with E-state index in [2.05, 4.69) is 0 Å². The number of hydrogen-bond donors (Lipinski definition) is 6. The molecule has 0 unspecified atom stereocenters. The van der Waals surface area contributed by atoms with Crippen molar-refractivity contribution in [2.75, 3.05) is 6.61 Å². The monoisotopic (exact) mass is 416 g/mol. The number of fused-ring (bicyclic) bond motifs is 1. The van der Waals surface area contributed by atoms with Crippen molar-refractivity contribution in [3.8, 4) is 22.6 Å². The minimum absolute atomic E-state index is 0.0405. The predicted molar refractivity (Wildman–Crippen MR) is 104 cm³/mol. The van der Waals surface area contributed by atoms with E-state index in [1.165, 1.54) is 30.5 Å². The maximum absolute atomic E-state index is 13.0. The Hall–Kier alpha value is -2.95. The number of phenolic OH excluding ortho intramolecular Hbond substituents is 2. The van der Waals surface area contributed by atoms with E-state index < -0.39 is 42.6 Å². The van der Waals surface area contributed by atoms with Gasteiger partial charge in [-0.25, -0.2) is 0 Å². The number of hydrogen-bond acceptors (Lipinski definition) is 9. The van der Waals surface area contributed by atoms with Crippen molar-refractivity contribution in [1.29, 1.82) is 0 Å². The van der Waals surface area contributed by atoms with E-state index in [4.69, 9.17) is 9.15 Å². The SMILES string of the molecule is O=c1c(-c2ccc(O)cc2)coc2c([C@@H]3O[C@H](CO)[C@H](O)[C@H](O)[C@H]3O)c(O)ccc12. The van der Waals surface area contributed by atoms with Crippen LogP contribution in [0.25, 0.3) is 22.1 Å². The van der Waals surface area contributed by atoms with Gasteiger partial charge in [-0.05, 0) is 29.8 Å². The molecule has 158 valence electrons. The van der Waals surface area contributed by atoms with Crippen LogP contribution in [0.1, 0.15) is 11.7 Å². The Morgan fingerprint density at radius 2 is 1.60 bits per heavy atom. The summed E-state index contributed by atoms with van der Waals surface area (Å²) in [6, 6.07) is 8.54. The normalized spacial score (nSPS) is 26.7. The number of aromatic hydroxyl groups is 2. The van der Waals surface area contributed by atoms with Crippen LogP contribution in [0.3, 0.4) is 0 Å². The summed E-state index contributed by atoms with van der Waals surface area (Å²) in [6.07, 6.45) is -6.24. The third-order valence-electron chi connectivity index (χ3n) is 5.31. The van der Waals surface area contributed by atoms with Gasteiger partial charge in [0.1, 0.15) is 53.9 Å². The van der Waals surface area contributed by atoms with Crippen molar-refractivity contribution in [2.24, 2.45) is 0 Å². The van der Waals surface area contributed by atoms with Gasteiger partial charge in [0.2, 0.25) is 5.43 Å². The highest BCUT2D eigenvalue weighted by Crippen LogP contribution is 2.40. The zero-order chi connectivity index (χ0) is 21.6. The van der Waals surface area contributed by atoms with E-state index in [0.29, 0.717) is 5.56 Å². The molecule has 0 bridgehead atoms. The zero-order valence-corrected chi connectivity index (χ0v) is 15.5. The van der Waals surface area contributed by atoms with E-state index in [-0.39, 0.29) is 33.6 Å². The fourth-order valence-electron chi connectivity index (χ4n) is 3.67. The highest BCUT2D eigenvalue weighted by Gasteiger charge is 2.45. The number of rotatable bonds is 3. The summed E-state index contributed by atoms with van der Waals surface area (Å²) in [6.45, 7) is -0.637. The van der Waals surface area contributed by atoms with Gasteiger partial charge in [-0.3, -0.25) is 4.79 Å². The number of ether oxygens (including phenoxy) is 1. The highest BCUT2D eigenvalue weighted by atomic mass is 16.5. The summed E-state index contributed by atoms with van der Waals surface area (Å²) in [5.74, 6) is -0.314. The molecule has 9 heteroatoms. The summed E-state index contributed by atoms with van der Waals surface area (Å²) >= 11 is 0. The van der Waals surface area contributed by atoms with Crippen LogP contribution in [-0.4, -0.2) is 61.7 Å². The summed E-state index contributed by atoms with van der Waals surface area (Å²) in [7, 11) is 0. The highest BCUT2D eigenvalue weighted by molar-refractivity contribution is 5.86. The summed E-state index contributed by atoms with van der Waals surface area (Å²) < 4.78 is 11.1. The van der Waals surface area contributed by atoms with E-state index in [1.807, 2.05) is 0 Å². The predicted octanol–water partition coefficient (Wildman–Crippen LogP) is 0.386. The molecule has 30 heavy (non-hydrogen) atoms. The lowest BCUT2D eigenvalue weighted by atomic mass is 9.89. The molecule has 1 fully saturated rings. The maximum Gasteiger partial charge on any atom is 0.200 e. The van der Waals surface area contributed by atoms with Gasteiger partial charge >= 0.3 is 0 Å². The summed E-state index contributed by atoms with van der Waals surface area (Å²) in [5, 5.41) is 59.8. The molecule has 9 nitrogen and oxygen atoms in total. The first kappa shape index (κ1) is 20.3.